The molecule has 1 aromatic carbocycles. The summed E-state index contributed by atoms with van der Waals surface area (Å²) in [5.74, 6) is -0.851. The van der Waals surface area contributed by atoms with E-state index in [4.69, 9.17) is 5.73 Å². The molecule has 0 amide bonds. The number of hydrogen-bond acceptors (Lipinski definition) is 3. The summed E-state index contributed by atoms with van der Waals surface area (Å²) in [6.45, 7) is 1.77. The number of pyridine rings is 1. The van der Waals surface area contributed by atoms with Crippen molar-refractivity contribution in [1.82, 2.24) is 4.98 Å². The number of aromatic nitrogens is 1. The van der Waals surface area contributed by atoms with E-state index in [1.54, 1.807) is 19.1 Å². The normalized spacial score (nSPS) is 10.2. The van der Waals surface area contributed by atoms with Gasteiger partial charge in [-0.05, 0) is 36.8 Å². The number of nitrogen functional groups attached to an aromatic ring is 1. The SMILES string of the molecule is Cc1cccnc1C(=O)c1cc(F)ccc1N. The monoisotopic (exact) mass is 230 g/mol. The van der Waals surface area contributed by atoms with Crippen molar-refractivity contribution in [2.75, 3.05) is 5.73 Å². The molecule has 0 aliphatic rings. The Morgan fingerprint density at radius 3 is 2.82 bits per heavy atom. The molecule has 17 heavy (non-hydrogen) atoms. The molecular formula is C13H11FN2O. The fraction of sp³-hybridized carbons (Fsp3) is 0.0769. The zero-order chi connectivity index (χ0) is 12.4. The van der Waals surface area contributed by atoms with Crippen LogP contribution in [0.2, 0.25) is 0 Å². The minimum atomic E-state index is -0.490. The maximum Gasteiger partial charge on any atom is 0.213 e. The van der Waals surface area contributed by atoms with Crippen molar-refractivity contribution in [2.24, 2.45) is 0 Å². The lowest BCUT2D eigenvalue weighted by atomic mass is 10.0. The number of nitrogens with two attached hydrogens (primary N) is 1. The Morgan fingerprint density at radius 1 is 1.35 bits per heavy atom. The molecular weight excluding hydrogens is 219 g/mol. The summed E-state index contributed by atoms with van der Waals surface area (Å²) in [4.78, 5) is 16.1. The Hall–Kier alpha value is -2.23. The van der Waals surface area contributed by atoms with Crippen LogP contribution < -0.4 is 5.73 Å². The number of aryl methyl sites for hydroxylation is 1. The van der Waals surface area contributed by atoms with Gasteiger partial charge in [0.1, 0.15) is 11.5 Å². The number of carbonyl (C=O) groups is 1. The molecule has 0 saturated carbocycles. The topological polar surface area (TPSA) is 56.0 Å². The maximum absolute atomic E-state index is 13.1. The van der Waals surface area contributed by atoms with Crippen LogP contribution >= 0.6 is 0 Å². The first-order valence-corrected chi connectivity index (χ1v) is 5.11. The highest BCUT2D eigenvalue weighted by molar-refractivity contribution is 6.11. The lowest BCUT2D eigenvalue weighted by molar-refractivity contribution is 0.103. The number of nitrogens with zero attached hydrogens (tertiary/aromatic N) is 1. The van der Waals surface area contributed by atoms with Gasteiger partial charge in [0.05, 0.1) is 5.56 Å². The quantitative estimate of drug-likeness (QED) is 0.636. The second-order valence-electron chi connectivity index (χ2n) is 3.73. The van der Waals surface area contributed by atoms with Crippen LogP contribution in [0, 0.1) is 12.7 Å². The highest BCUT2D eigenvalue weighted by Gasteiger charge is 2.16. The summed E-state index contributed by atoms with van der Waals surface area (Å²) >= 11 is 0. The van der Waals surface area contributed by atoms with Gasteiger partial charge in [-0.1, -0.05) is 6.07 Å². The molecule has 1 heterocycles. The molecule has 0 spiro atoms. The number of carbonyl (C=O) groups excluding carboxylic acids is 1. The summed E-state index contributed by atoms with van der Waals surface area (Å²) in [5, 5.41) is 0. The zero-order valence-corrected chi connectivity index (χ0v) is 9.27. The van der Waals surface area contributed by atoms with Crippen LogP contribution in [0.5, 0.6) is 0 Å². The summed E-state index contributed by atoms with van der Waals surface area (Å²) in [6.07, 6.45) is 1.52. The van der Waals surface area contributed by atoms with Gasteiger partial charge in [0.15, 0.2) is 0 Å². The van der Waals surface area contributed by atoms with E-state index in [0.717, 1.165) is 11.6 Å². The minimum absolute atomic E-state index is 0.145. The molecule has 2 N–H and O–H groups in total. The minimum Gasteiger partial charge on any atom is -0.398 e. The molecule has 86 valence electrons. The number of hydrogen-bond donors (Lipinski definition) is 1. The molecule has 0 aliphatic carbocycles. The number of anilines is 1. The van der Waals surface area contributed by atoms with Gasteiger partial charge < -0.3 is 5.73 Å². The van der Waals surface area contributed by atoms with Crippen LogP contribution in [0.15, 0.2) is 36.5 Å². The van der Waals surface area contributed by atoms with Crippen molar-refractivity contribution in [1.29, 1.82) is 0 Å². The third kappa shape index (κ3) is 2.15. The van der Waals surface area contributed by atoms with Gasteiger partial charge in [-0.2, -0.15) is 0 Å². The van der Waals surface area contributed by atoms with Crippen LogP contribution in [0.25, 0.3) is 0 Å². The number of rotatable bonds is 2. The molecule has 0 atom stereocenters. The third-order valence-corrected chi connectivity index (χ3v) is 2.48. The van der Waals surface area contributed by atoms with Crippen molar-refractivity contribution >= 4 is 11.5 Å². The summed E-state index contributed by atoms with van der Waals surface area (Å²) in [5.41, 5.74) is 7.09. The van der Waals surface area contributed by atoms with Gasteiger partial charge in [0.25, 0.3) is 0 Å². The molecule has 0 saturated heterocycles. The molecule has 0 aliphatic heterocycles. The van der Waals surface area contributed by atoms with E-state index < -0.39 is 5.82 Å². The smallest absolute Gasteiger partial charge is 0.213 e. The van der Waals surface area contributed by atoms with Crippen LogP contribution in [0.4, 0.5) is 10.1 Å². The molecule has 2 aromatic rings. The first kappa shape index (κ1) is 11.3. The van der Waals surface area contributed by atoms with E-state index in [1.165, 1.54) is 18.3 Å². The lowest BCUT2D eigenvalue weighted by Gasteiger charge is -2.06. The fourth-order valence-electron chi connectivity index (χ4n) is 1.58. The first-order valence-electron chi connectivity index (χ1n) is 5.11. The second-order valence-corrected chi connectivity index (χ2v) is 3.73. The zero-order valence-electron chi connectivity index (χ0n) is 9.27. The molecule has 4 heteroatoms. The molecule has 1 aromatic heterocycles. The van der Waals surface area contributed by atoms with Crippen molar-refractivity contribution in [3.8, 4) is 0 Å². The van der Waals surface area contributed by atoms with E-state index in [-0.39, 0.29) is 17.0 Å². The average Bonchev–Trinajstić information content (AvgIpc) is 2.32. The van der Waals surface area contributed by atoms with Crippen LogP contribution in [0.1, 0.15) is 21.6 Å². The van der Waals surface area contributed by atoms with Crippen LogP contribution in [0.3, 0.4) is 0 Å². The van der Waals surface area contributed by atoms with Crippen LogP contribution in [-0.2, 0) is 0 Å². The Balaban J connectivity index is 2.51. The van der Waals surface area contributed by atoms with E-state index in [1.807, 2.05) is 0 Å². The number of halogens is 1. The molecule has 0 fully saturated rings. The summed E-state index contributed by atoms with van der Waals surface area (Å²) in [6, 6.07) is 7.24. The largest absolute Gasteiger partial charge is 0.398 e. The van der Waals surface area contributed by atoms with E-state index in [9.17, 15) is 9.18 Å². The van der Waals surface area contributed by atoms with Crippen molar-refractivity contribution in [3.63, 3.8) is 0 Å². The number of benzene rings is 1. The Kier molecular flexibility index (Phi) is 2.87. The predicted octanol–water partition coefficient (Wildman–Crippen LogP) is 2.34. The molecule has 3 nitrogen and oxygen atoms in total. The molecule has 0 radical (unpaired) electrons. The molecule has 0 unspecified atom stereocenters. The highest BCUT2D eigenvalue weighted by atomic mass is 19.1. The van der Waals surface area contributed by atoms with Gasteiger partial charge >= 0.3 is 0 Å². The third-order valence-electron chi connectivity index (χ3n) is 2.48. The standard InChI is InChI=1S/C13H11FN2O/c1-8-3-2-6-16-12(8)13(17)10-7-9(14)4-5-11(10)15/h2-7H,15H2,1H3. The Morgan fingerprint density at radius 2 is 2.12 bits per heavy atom. The van der Waals surface area contributed by atoms with Crippen molar-refractivity contribution in [3.05, 3.63) is 59.2 Å². The van der Waals surface area contributed by atoms with Gasteiger partial charge in [0, 0.05) is 11.9 Å². The Labute approximate surface area is 98.1 Å². The highest BCUT2D eigenvalue weighted by Crippen LogP contribution is 2.18. The lowest BCUT2D eigenvalue weighted by Crippen LogP contribution is -2.09. The van der Waals surface area contributed by atoms with Gasteiger partial charge in [-0.3, -0.25) is 9.78 Å². The van der Waals surface area contributed by atoms with Crippen LogP contribution in [-0.4, -0.2) is 10.8 Å². The predicted molar refractivity (Wildman–Crippen MR) is 63.2 cm³/mol. The molecule has 2 rings (SSSR count). The van der Waals surface area contributed by atoms with Gasteiger partial charge in [-0.25, -0.2) is 4.39 Å². The molecule has 0 bridgehead atoms. The second kappa shape index (κ2) is 4.33. The van der Waals surface area contributed by atoms with Crippen molar-refractivity contribution in [2.45, 2.75) is 6.92 Å². The van der Waals surface area contributed by atoms with Crippen molar-refractivity contribution < 1.29 is 9.18 Å². The van der Waals surface area contributed by atoms with E-state index in [0.29, 0.717) is 5.69 Å². The van der Waals surface area contributed by atoms with E-state index >= 15 is 0 Å². The maximum atomic E-state index is 13.1. The fourth-order valence-corrected chi connectivity index (χ4v) is 1.58. The van der Waals surface area contributed by atoms with Gasteiger partial charge in [0.2, 0.25) is 5.78 Å². The summed E-state index contributed by atoms with van der Waals surface area (Å²) in [7, 11) is 0. The summed E-state index contributed by atoms with van der Waals surface area (Å²) < 4.78 is 13.1. The Bertz CT molecular complexity index is 581. The van der Waals surface area contributed by atoms with Gasteiger partial charge in [-0.15, -0.1) is 0 Å². The average molecular weight is 230 g/mol. The van der Waals surface area contributed by atoms with E-state index in [2.05, 4.69) is 4.98 Å². The first-order chi connectivity index (χ1) is 8.09. The number of ketones is 1.